The third-order valence-electron chi connectivity index (χ3n) is 11.4. The van der Waals surface area contributed by atoms with Crippen LogP contribution in [0.1, 0.15) is 128 Å². The topological polar surface area (TPSA) is 156 Å². The first kappa shape index (κ1) is 36.8. The number of amides is 3. The minimum Gasteiger partial charge on any atom is -0.344 e. The number of nitrogens with one attached hydrogen (secondary N) is 2. The summed E-state index contributed by atoms with van der Waals surface area (Å²) >= 11 is 0. The summed E-state index contributed by atoms with van der Waals surface area (Å²) in [5.41, 5.74) is -0.487. The maximum Gasteiger partial charge on any atom is 0.272 e. The molecule has 1 aliphatic heterocycles. The van der Waals surface area contributed by atoms with Gasteiger partial charge in [0.15, 0.2) is 5.78 Å². The minimum absolute atomic E-state index is 0.0407. The molecule has 3 saturated carbocycles. The van der Waals surface area contributed by atoms with Crippen LogP contribution in [0.15, 0.2) is 18.6 Å². The molecule has 1 aromatic rings. The Bertz CT molecular complexity index is 1380. The monoisotopic (exact) mass is 677 g/mol. The van der Waals surface area contributed by atoms with E-state index in [4.69, 9.17) is 0 Å². The van der Waals surface area contributed by atoms with Gasteiger partial charge in [-0.05, 0) is 74.0 Å². The summed E-state index contributed by atoms with van der Waals surface area (Å²) in [5, 5.41) is 5.88. The molecule has 11 heteroatoms. The van der Waals surface area contributed by atoms with Crippen LogP contribution >= 0.6 is 0 Å². The van der Waals surface area contributed by atoms with Crippen molar-refractivity contribution >= 4 is 35.1 Å². The van der Waals surface area contributed by atoms with E-state index in [1.54, 1.807) is 4.90 Å². The molecule has 1 aromatic heterocycles. The molecule has 4 aliphatic rings. The van der Waals surface area contributed by atoms with Gasteiger partial charge < -0.3 is 15.5 Å². The summed E-state index contributed by atoms with van der Waals surface area (Å²) in [6.45, 7) is 8.14. The Kier molecular flexibility index (Phi) is 12.0. The quantitative estimate of drug-likeness (QED) is 0.255. The van der Waals surface area contributed by atoms with Crippen molar-refractivity contribution < 1.29 is 28.8 Å². The number of Topliss-reactive ketones (excluding diaryl/α,β-unsaturated/α-hetero) is 3. The van der Waals surface area contributed by atoms with Gasteiger partial charge in [0.2, 0.25) is 23.4 Å². The molecule has 2 heterocycles. The molecular weight excluding hydrogens is 622 g/mol. The molecule has 3 aliphatic carbocycles. The Hall–Kier alpha value is -3.50. The van der Waals surface area contributed by atoms with Crippen molar-refractivity contribution in [3.63, 3.8) is 0 Å². The van der Waals surface area contributed by atoms with Gasteiger partial charge in [-0.3, -0.25) is 33.8 Å². The van der Waals surface area contributed by atoms with Crippen LogP contribution in [0.3, 0.4) is 0 Å². The van der Waals surface area contributed by atoms with Crippen LogP contribution < -0.4 is 10.6 Å². The molecular formula is C38H55N5O6. The number of hydrogen-bond acceptors (Lipinski definition) is 8. The van der Waals surface area contributed by atoms with E-state index in [9.17, 15) is 28.8 Å². The molecule has 1 saturated heterocycles. The molecule has 3 amide bonds. The highest BCUT2D eigenvalue weighted by Gasteiger charge is 2.52. The molecule has 0 radical (unpaired) electrons. The average Bonchev–Trinajstić information content (AvgIpc) is 3.65. The van der Waals surface area contributed by atoms with Crippen LogP contribution in [-0.4, -0.2) is 74.6 Å². The highest BCUT2D eigenvalue weighted by molar-refractivity contribution is 6.39. The number of rotatable bonds is 15. The fourth-order valence-corrected chi connectivity index (χ4v) is 8.41. The zero-order valence-corrected chi connectivity index (χ0v) is 29.7. The van der Waals surface area contributed by atoms with Gasteiger partial charge in [0.1, 0.15) is 11.7 Å². The van der Waals surface area contributed by atoms with Crippen molar-refractivity contribution in [2.24, 2.45) is 35.0 Å². The first-order chi connectivity index (χ1) is 23.4. The predicted octanol–water partition coefficient (Wildman–Crippen LogP) is 4.63. The van der Waals surface area contributed by atoms with E-state index < -0.39 is 46.9 Å². The van der Waals surface area contributed by atoms with E-state index >= 15 is 0 Å². The summed E-state index contributed by atoms with van der Waals surface area (Å²) in [6.07, 6.45) is 14.7. The van der Waals surface area contributed by atoms with Crippen molar-refractivity contribution in [1.29, 1.82) is 0 Å². The molecule has 1 unspecified atom stereocenters. The van der Waals surface area contributed by atoms with Gasteiger partial charge in [-0.1, -0.05) is 59.8 Å². The van der Waals surface area contributed by atoms with Gasteiger partial charge in [0.05, 0.1) is 18.3 Å². The molecule has 5 rings (SSSR count). The number of carbonyl (C=O) groups is 6. The summed E-state index contributed by atoms with van der Waals surface area (Å²) < 4.78 is 0. The zero-order chi connectivity index (χ0) is 35.3. The molecule has 0 bridgehead atoms. The van der Waals surface area contributed by atoms with Crippen molar-refractivity contribution in [3.05, 3.63) is 24.3 Å². The van der Waals surface area contributed by atoms with Gasteiger partial charge >= 0.3 is 0 Å². The van der Waals surface area contributed by atoms with Crippen LogP contribution in [-0.2, 0) is 24.0 Å². The summed E-state index contributed by atoms with van der Waals surface area (Å²) in [6, 6.07) is -2.44. The molecule has 2 N–H and O–H groups in total. The summed E-state index contributed by atoms with van der Waals surface area (Å²) in [7, 11) is 0. The fourth-order valence-electron chi connectivity index (χ4n) is 8.41. The number of likely N-dealkylation sites (tertiary alicyclic amines) is 1. The average molecular weight is 678 g/mol. The summed E-state index contributed by atoms with van der Waals surface area (Å²) in [5.74, 6) is -2.65. The van der Waals surface area contributed by atoms with Crippen LogP contribution in [0.4, 0.5) is 0 Å². The van der Waals surface area contributed by atoms with E-state index in [1.807, 2.05) is 27.7 Å². The van der Waals surface area contributed by atoms with Crippen molar-refractivity contribution in [2.75, 3.05) is 6.54 Å². The lowest BCUT2D eigenvalue weighted by Gasteiger charge is -2.37. The number of hydrogen-bond donors (Lipinski definition) is 2. The third-order valence-corrected chi connectivity index (χ3v) is 11.4. The van der Waals surface area contributed by atoms with E-state index in [0.717, 1.165) is 64.2 Å². The number of aromatic nitrogens is 2. The second-order valence-electron chi connectivity index (χ2n) is 16.1. The van der Waals surface area contributed by atoms with Crippen LogP contribution in [0.2, 0.25) is 0 Å². The van der Waals surface area contributed by atoms with Gasteiger partial charge in [0.25, 0.3) is 5.91 Å². The Balaban J connectivity index is 1.36. The van der Waals surface area contributed by atoms with Gasteiger partial charge in [0, 0.05) is 37.7 Å². The molecule has 49 heavy (non-hydrogen) atoms. The number of nitrogens with zero attached hydrogens (tertiary/aromatic N) is 3. The van der Waals surface area contributed by atoms with E-state index in [-0.39, 0.29) is 59.8 Å². The Labute approximate surface area is 290 Å². The van der Waals surface area contributed by atoms with Gasteiger partial charge in [-0.15, -0.1) is 0 Å². The van der Waals surface area contributed by atoms with Crippen LogP contribution in [0, 0.1) is 35.0 Å². The van der Waals surface area contributed by atoms with Crippen molar-refractivity contribution in [3.8, 4) is 0 Å². The van der Waals surface area contributed by atoms with E-state index in [2.05, 4.69) is 20.6 Å². The second-order valence-corrected chi connectivity index (χ2v) is 16.1. The standard InChI is InChI=1S/C38H55N5O6/c1-5-10-28(34(46)31(45)19-23-15-16-23)41-36(48)33-26-14-9-13-25(26)22-43(33)37(49)27(38(2,3)4)20-30(44)32(24-11-7-6-8-12-24)42-35(47)29-21-39-17-18-40-29/h17-18,21,23-28,32-33H,5-16,19-20,22H2,1-4H3,(H,41,48)(H,42,47)/t25-,26-,27+,28?,32-,33-/m0/s1. The first-order valence-corrected chi connectivity index (χ1v) is 18.7. The van der Waals surface area contributed by atoms with E-state index in [1.165, 1.54) is 18.6 Å². The molecule has 6 atom stereocenters. The Morgan fingerprint density at radius 2 is 1.65 bits per heavy atom. The van der Waals surface area contributed by atoms with Crippen LogP contribution in [0.25, 0.3) is 0 Å². The van der Waals surface area contributed by atoms with Crippen molar-refractivity contribution in [1.82, 2.24) is 25.5 Å². The number of ketones is 3. The number of carbonyl (C=O) groups excluding carboxylic acids is 6. The lowest BCUT2D eigenvalue weighted by atomic mass is 9.74. The van der Waals surface area contributed by atoms with Crippen molar-refractivity contribution in [2.45, 2.75) is 136 Å². The predicted molar refractivity (Wildman–Crippen MR) is 183 cm³/mol. The van der Waals surface area contributed by atoms with Gasteiger partial charge in [-0.25, -0.2) is 4.98 Å². The van der Waals surface area contributed by atoms with Crippen LogP contribution in [0.5, 0.6) is 0 Å². The SMILES string of the molecule is CCCC(NC(=O)[C@@H]1[C@H]2CCC[C@H]2CN1C(=O)[C@@H](CC(=O)[C@@H](NC(=O)c1cnccn1)C1CCCCC1)C(C)(C)C)C(=O)C(=O)CC1CC1. The Morgan fingerprint density at radius 3 is 2.29 bits per heavy atom. The molecule has 0 aromatic carbocycles. The molecule has 0 spiro atoms. The second kappa shape index (κ2) is 16.0. The lowest BCUT2D eigenvalue weighted by molar-refractivity contribution is -0.148. The maximum atomic E-state index is 14.7. The Morgan fingerprint density at radius 1 is 0.918 bits per heavy atom. The smallest absolute Gasteiger partial charge is 0.272 e. The molecule has 268 valence electrons. The minimum atomic E-state index is -0.907. The number of fused-ring (bicyclic) bond motifs is 1. The largest absolute Gasteiger partial charge is 0.344 e. The zero-order valence-electron chi connectivity index (χ0n) is 29.7. The van der Waals surface area contributed by atoms with E-state index in [0.29, 0.717) is 19.4 Å². The molecule has 4 fully saturated rings. The normalized spacial score (nSPS) is 24.4. The van der Waals surface area contributed by atoms with Gasteiger partial charge in [-0.2, -0.15) is 0 Å². The lowest BCUT2D eigenvalue weighted by Crippen LogP contribution is -2.56. The summed E-state index contributed by atoms with van der Waals surface area (Å²) in [4.78, 5) is 92.0. The fraction of sp³-hybridized carbons (Fsp3) is 0.737. The maximum absolute atomic E-state index is 14.7. The first-order valence-electron chi connectivity index (χ1n) is 18.7. The molecule has 11 nitrogen and oxygen atoms in total. The highest BCUT2D eigenvalue weighted by Crippen LogP contribution is 2.44. The highest BCUT2D eigenvalue weighted by atomic mass is 16.2. The third kappa shape index (κ3) is 9.00.